The Balaban J connectivity index is 2.58. The third-order valence-electron chi connectivity index (χ3n) is 3.16. The summed E-state index contributed by atoms with van der Waals surface area (Å²) in [4.78, 5) is 28.7. The molecule has 2 heterocycles. The number of pyridine rings is 1. The first-order chi connectivity index (χ1) is 10.8. The van der Waals surface area contributed by atoms with Crippen LogP contribution in [-0.2, 0) is 14.6 Å². The van der Waals surface area contributed by atoms with Crippen LogP contribution in [0.5, 0.6) is 0 Å². The second-order valence-electron chi connectivity index (χ2n) is 5.09. The van der Waals surface area contributed by atoms with Gasteiger partial charge in [0.1, 0.15) is 6.54 Å². The summed E-state index contributed by atoms with van der Waals surface area (Å²) in [6.45, 7) is 1.59. The van der Waals surface area contributed by atoms with Crippen molar-refractivity contribution >= 4 is 27.2 Å². The van der Waals surface area contributed by atoms with Crippen molar-refractivity contribution in [2.45, 2.75) is 18.5 Å². The van der Waals surface area contributed by atoms with Gasteiger partial charge in [-0.15, -0.1) is 0 Å². The Morgan fingerprint density at radius 2 is 2.04 bits per heavy atom. The Hall–Kier alpha value is -2.42. The molecule has 9 heteroatoms. The highest BCUT2D eigenvalue weighted by Crippen LogP contribution is 2.18. The van der Waals surface area contributed by atoms with Crippen molar-refractivity contribution in [2.75, 3.05) is 19.3 Å². The van der Waals surface area contributed by atoms with Crippen molar-refractivity contribution in [3.63, 3.8) is 0 Å². The summed E-state index contributed by atoms with van der Waals surface area (Å²) < 4.78 is 25.0. The lowest BCUT2D eigenvalue weighted by Crippen LogP contribution is -2.36. The second kappa shape index (κ2) is 6.37. The summed E-state index contributed by atoms with van der Waals surface area (Å²) in [5.41, 5.74) is 0.255. The molecule has 0 unspecified atom stereocenters. The van der Waals surface area contributed by atoms with Gasteiger partial charge in [-0.2, -0.15) is 0 Å². The summed E-state index contributed by atoms with van der Waals surface area (Å²) in [6, 6.07) is 4.85. The minimum Gasteiger partial charge on any atom is -0.480 e. The van der Waals surface area contributed by atoms with E-state index in [2.05, 4.69) is 4.98 Å². The van der Waals surface area contributed by atoms with Gasteiger partial charge in [-0.25, -0.2) is 13.4 Å². The molecule has 0 bridgehead atoms. The predicted molar refractivity (Wildman–Crippen MR) is 82.1 cm³/mol. The Labute approximate surface area is 133 Å². The van der Waals surface area contributed by atoms with Crippen molar-refractivity contribution in [2.24, 2.45) is 0 Å². The van der Waals surface area contributed by atoms with Gasteiger partial charge >= 0.3 is 5.97 Å². The van der Waals surface area contributed by atoms with Crippen molar-refractivity contribution in [1.29, 1.82) is 0 Å². The number of sulfone groups is 1. The van der Waals surface area contributed by atoms with Crippen LogP contribution >= 0.6 is 0 Å². The smallest absolute Gasteiger partial charge is 0.323 e. The van der Waals surface area contributed by atoms with Crippen LogP contribution in [0.25, 0.3) is 5.52 Å². The summed E-state index contributed by atoms with van der Waals surface area (Å²) >= 11 is 0. The zero-order chi connectivity index (χ0) is 17.2. The van der Waals surface area contributed by atoms with E-state index in [0.29, 0.717) is 11.9 Å². The number of carbonyl (C=O) groups excluding carboxylic acids is 1. The molecule has 1 N–H and O–H groups in total. The van der Waals surface area contributed by atoms with E-state index in [9.17, 15) is 18.0 Å². The Morgan fingerprint density at radius 3 is 2.61 bits per heavy atom. The Kier molecular flexibility index (Phi) is 4.69. The first-order valence-corrected chi connectivity index (χ1v) is 8.83. The van der Waals surface area contributed by atoms with Gasteiger partial charge in [0.25, 0.3) is 5.91 Å². The minimum absolute atomic E-state index is 0.0688. The van der Waals surface area contributed by atoms with Crippen LogP contribution in [-0.4, -0.2) is 59.0 Å². The van der Waals surface area contributed by atoms with Crippen LogP contribution in [0.2, 0.25) is 0 Å². The topological polar surface area (TPSA) is 109 Å². The van der Waals surface area contributed by atoms with E-state index in [1.807, 2.05) is 6.92 Å². The molecular formula is C14H17N3O5S. The van der Waals surface area contributed by atoms with Crippen LogP contribution in [0, 0.1) is 0 Å². The highest BCUT2D eigenvalue weighted by atomic mass is 32.2. The number of amides is 1. The lowest BCUT2D eigenvalue weighted by molar-refractivity contribution is -0.137. The van der Waals surface area contributed by atoms with E-state index in [1.165, 1.54) is 10.6 Å². The zero-order valence-corrected chi connectivity index (χ0v) is 13.6. The number of aromatic nitrogens is 2. The number of rotatable bonds is 6. The van der Waals surface area contributed by atoms with Gasteiger partial charge in [-0.1, -0.05) is 13.0 Å². The summed E-state index contributed by atoms with van der Waals surface area (Å²) in [5, 5.41) is 8.69. The first-order valence-electron chi connectivity index (χ1n) is 6.94. The van der Waals surface area contributed by atoms with Gasteiger partial charge in [0.05, 0.1) is 5.52 Å². The molecule has 0 saturated carbocycles. The number of carboxylic acids is 1. The third kappa shape index (κ3) is 3.50. The van der Waals surface area contributed by atoms with Gasteiger partial charge in [0.2, 0.25) is 15.0 Å². The highest BCUT2D eigenvalue weighted by Gasteiger charge is 2.26. The van der Waals surface area contributed by atoms with E-state index in [4.69, 9.17) is 5.11 Å². The fourth-order valence-electron chi connectivity index (χ4n) is 2.26. The van der Waals surface area contributed by atoms with Gasteiger partial charge in [-0.3, -0.25) is 14.0 Å². The molecule has 0 spiro atoms. The monoisotopic (exact) mass is 339 g/mol. The summed E-state index contributed by atoms with van der Waals surface area (Å²) in [6.07, 6.45) is 3.07. The zero-order valence-electron chi connectivity index (χ0n) is 12.8. The lowest BCUT2D eigenvalue weighted by atomic mass is 10.2. The van der Waals surface area contributed by atoms with Gasteiger partial charge in [-0.05, 0) is 18.6 Å². The summed E-state index contributed by atoms with van der Waals surface area (Å²) in [5.74, 6) is -1.74. The molecule has 1 amide bonds. The minimum atomic E-state index is -3.64. The molecule has 0 aliphatic rings. The maximum Gasteiger partial charge on any atom is 0.323 e. The largest absolute Gasteiger partial charge is 0.480 e. The van der Waals surface area contributed by atoms with E-state index in [-0.39, 0.29) is 17.4 Å². The van der Waals surface area contributed by atoms with Crippen LogP contribution in [0.15, 0.2) is 29.6 Å². The molecule has 23 heavy (non-hydrogen) atoms. The fourth-order valence-corrected chi connectivity index (χ4v) is 3.04. The molecule has 0 saturated heterocycles. The molecule has 8 nitrogen and oxygen atoms in total. The standard InChI is InChI=1S/C14H17N3O5S/c1-3-7-16(9-11(18)19)13(20)12-10-6-4-5-8-17(10)14(15-12)23(2,21)22/h4-6,8H,3,7,9H2,1-2H3,(H,18,19). The van der Waals surface area contributed by atoms with E-state index in [0.717, 1.165) is 11.2 Å². The molecule has 124 valence electrons. The molecule has 2 aromatic rings. The first kappa shape index (κ1) is 16.9. The SMILES string of the molecule is CCCN(CC(=O)O)C(=O)c1nc(S(C)(=O)=O)n2ccccc12. The normalized spacial score (nSPS) is 11.6. The maximum absolute atomic E-state index is 12.6. The van der Waals surface area contributed by atoms with E-state index >= 15 is 0 Å². The molecule has 0 radical (unpaired) electrons. The molecule has 0 aliphatic carbocycles. The van der Waals surface area contributed by atoms with Gasteiger partial charge in [0, 0.05) is 19.0 Å². The predicted octanol–water partition coefficient (Wildman–Crippen LogP) is 0.675. The van der Waals surface area contributed by atoms with E-state index < -0.39 is 28.3 Å². The van der Waals surface area contributed by atoms with Crippen LogP contribution < -0.4 is 0 Å². The maximum atomic E-state index is 12.6. The number of imidazole rings is 1. The average molecular weight is 339 g/mol. The fraction of sp³-hybridized carbons (Fsp3) is 0.357. The second-order valence-corrected chi connectivity index (χ2v) is 7.00. The quantitative estimate of drug-likeness (QED) is 0.829. The molecule has 0 fully saturated rings. The van der Waals surface area contributed by atoms with Crippen LogP contribution in [0.4, 0.5) is 0 Å². The highest BCUT2D eigenvalue weighted by molar-refractivity contribution is 7.90. The average Bonchev–Trinajstić information content (AvgIpc) is 2.85. The number of hydrogen-bond donors (Lipinski definition) is 1. The van der Waals surface area contributed by atoms with Crippen molar-refractivity contribution < 1.29 is 23.1 Å². The number of carbonyl (C=O) groups is 2. The molecular weight excluding hydrogens is 322 g/mol. The number of nitrogens with zero attached hydrogens (tertiary/aromatic N) is 3. The van der Waals surface area contributed by atoms with E-state index in [1.54, 1.807) is 18.2 Å². The molecule has 2 aromatic heterocycles. The number of hydrogen-bond acceptors (Lipinski definition) is 5. The summed E-state index contributed by atoms with van der Waals surface area (Å²) in [7, 11) is -3.64. The molecule has 0 atom stereocenters. The van der Waals surface area contributed by atoms with Crippen molar-refractivity contribution in [3.05, 3.63) is 30.1 Å². The Morgan fingerprint density at radius 1 is 1.35 bits per heavy atom. The van der Waals surface area contributed by atoms with Crippen LogP contribution in [0.1, 0.15) is 23.8 Å². The van der Waals surface area contributed by atoms with Crippen LogP contribution in [0.3, 0.4) is 0 Å². The third-order valence-corrected chi connectivity index (χ3v) is 4.11. The number of aliphatic carboxylic acids is 1. The van der Waals surface area contributed by atoms with Crippen molar-refractivity contribution in [1.82, 2.24) is 14.3 Å². The van der Waals surface area contributed by atoms with Crippen molar-refractivity contribution in [3.8, 4) is 0 Å². The van der Waals surface area contributed by atoms with Gasteiger partial charge < -0.3 is 10.0 Å². The molecule has 0 aliphatic heterocycles. The van der Waals surface area contributed by atoms with Gasteiger partial charge in [0.15, 0.2) is 5.69 Å². The number of carboxylic acid groups (broad SMARTS) is 1. The number of fused-ring (bicyclic) bond motifs is 1. The Bertz CT molecular complexity index is 856. The lowest BCUT2D eigenvalue weighted by Gasteiger charge is -2.18. The molecule has 0 aromatic carbocycles. The molecule has 2 rings (SSSR count).